The molecule has 4 unspecified atom stereocenters. The molecule has 1 aromatic rings. The number of nitrogens with two attached hydrogens (primary N) is 1. The fourth-order valence-corrected chi connectivity index (χ4v) is 4.82. The molecule has 3 rings (SSSR count). The van der Waals surface area contributed by atoms with Gasteiger partial charge in [0.25, 0.3) is 0 Å². The van der Waals surface area contributed by atoms with E-state index in [-0.39, 0.29) is 11.9 Å². The Morgan fingerprint density at radius 2 is 1.90 bits per heavy atom. The van der Waals surface area contributed by atoms with Gasteiger partial charge in [0, 0.05) is 10.0 Å². The van der Waals surface area contributed by atoms with Crippen molar-refractivity contribution in [2.75, 3.05) is 0 Å². The van der Waals surface area contributed by atoms with E-state index >= 15 is 0 Å². The van der Waals surface area contributed by atoms with Crippen LogP contribution in [0.1, 0.15) is 56.6 Å². The lowest BCUT2D eigenvalue weighted by atomic mass is 9.65. The minimum Gasteiger partial charge on any atom is -0.271 e. The second kappa shape index (κ2) is 6.76. The second-order valence-electron chi connectivity index (χ2n) is 6.69. The van der Waals surface area contributed by atoms with Gasteiger partial charge in [0.05, 0.1) is 6.04 Å². The molecule has 116 valence electrons. The van der Waals surface area contributed by atoms with E-state index in [0.717, 1.165) is 22.7 Å². The first-order chi connectivity index (χ1) is 10.2. The molecule has 0 spiro atoms. The van der Waals surface area contributed by atoms with E-state index in [1.54, 1.807) is 6.07 Å². The van der Waals surface area contributed by atoms with Crippen LogP contribution in [0.25, 0.3) is 0 Å². The Labute approximate surface area is 134 Å². The van der Waals surface area contributed by atoms with Crippen molar-refractivity contribution in [1.29, 1.82) is 0 Å². The second-order valence-corrected chi connectivity index (χ2v) is 7.60. The summed E-state index contributed by atoms with van der Waals surface area (Å²) in [7, 11) is 0. The number of hydrazine groups is 1. The summed E-state index contributed by atoms with van der Waals surface area (Å²) in [5, 5.41) is 0. The van der Waals surface area contributed by atoms with Gasteiger partial charge in [-0.05, 0) is 55.2 Å². The first-order valence-corrected chi connectivity index (χ1v) is 8.89. The molecule has 1 aromatic carbocycles. The van der Waals surface area contributed by atoms with Crippen molar-refractivity contribution < 1.29 is 4.39 Å². The van der Waals surface area contributed by atoms with Gasteiger partial charge in [0.15, 0.2) is 0 Å². The van der Waals surface area contributed by atoms with E-state index < -0.39 is 0 Å². The summed E-state index contributed by atoms with van der Waals surface area (Å²) < 4.78 is 15.1. The highest BCUT2D eigenvalue weighted by atomic mass is 79.9. The van der Waals surface area contributed by atoms with Crippen molar-refractivity contribution in [2.45, 2.75) is 51.0 Å². The van der Waals surface area contributed by atoms with Gasteiger partial charge in [0.1, 0.15) is 5.82 Å². The van der Waals surface area contributed by atoms with Crippen molar-refractivity contribution in [3.8, 4) is 0 Å². The van der Waals surface area contributed by atoms with Gasteiger partial charge in [-0.1, -0.05) is 41.6 Å². The van der Waals surface area contributed by atoms with Crippen LogP contribution in [0.15, 0.2) is 22.7 Å². The summed E-state index contributed by atoms with van der Waals surface area (Å²) in [4.78, 5) is 0. The van der Waals surface area contributed by atoms with E-state index in [2.05, 4.69) is 21.4 Å². The molecule has 0 radical (unpaired) electrons. The minimum absolute atomic E-state index is 0.0784. The van der Waals surface area contributed by atoms with Crippen molar-refractivity contribution in [1.82, 2.24) is 5.43 Å². The summed E-state index contributed by atoms with van der Waals surface area (Å²) in [6.45, 7) is 0. The molecule has 2 fully saturated rings. The van der Waals surface area contributed by atoms with Crippen LogP contribution < -0.4 is 11.3 Å². The molecule has 0 aliphatic heterocycles. The predicted octanol–water partition coefficient (Wildman–Crippen LogP) is 4.70. The molecular formula is C17H24BrFN2. The first-order valence-electron chi connectivity index (χ1n) is 8.10. The maximum absolute atomic E-state index is 14.2. The average Bonchev–Trinajstić information content (AvgIpc) is 2.51. The normalized spacial score (nSPS) is 30.7. The lowest BCUT2D eigenvalue weighted by Crippen LogP contribution is -2.38. The number of hydrogen-bond acceptors (Lipinski definition) is 2. The summed E-state index contributed by atoms with van der Waals surface area (Å²) in [6, 6.07) is 5.05. The van der Waals surface area contributed by atoms with Gasteiger partial charge >= 0.3 is 0 Å². The van der Waals surface area contributed by atoms with E-state index in [9.17, 15) is 4.39 Å². The Hall–Kier alpha value is -0.450. The first kappa shape index (κ1) is 15.4. The fourth-order valence-electron chi connectivity index (χ4n) is 4.45. The monoisotopic (exact) mass is 354 g/mol. The summed E-state index contributed by atoms with van der Waals surface area (Å²) in [5.74, 6) is 7.80. The number of hydrogen-bond donors (Lipinski definition) is 2. The Kier molecular flexibility index (Phi) is 4.97. The number of benzene rings is 1. The van der Waals surface area contributed by atoms with E-state index in [4.69, 9.17) is 5.84 Å². The third kappa shape index (κ3) is 3.33. The third-order valence-electron chi connectivity index (χ3n) is 5.52. The van der Waals surface area contributed by atoms with Crippen molar-refractivity contribution in [3.63, 3.8) is 0 Å². The zero-order valence-electron chi connectivity index (χ0n) is 12.3. The zero-order valence-corrected chi connectivity index (χ0v) is 13.9. The Morgan fingerprint density at radius 3 is 2.67 bits per heavy atom. The van der Waals surface area contributed by atoms with Gasteiger partial charge in [-0.2, -0.15) is 0 Å². The summed E-state index contributed by atoms with van der Waals surface area (Å²) in [6.07, 6.45) is 9.11. The highest BCUT2D eigenvalue weighted by Crippen LogP contribution is 2.46. The largest absolute Gasteiger partial charge is 0.271 e. The number of halogens is 2. The third-order valence-corrected chi connectivity index (χ3v) is 6.02. The molecular weight excluding hydrogens is 331 g/mol. The molecule has 4 atom stereocenters. The van der Waals surface area contributed by atoms with Crippen LogP contribution in [-0.4, -0.2) is 0 Å². The molecule has 0 amide bonds. The van der Waals surface area contributed by atoms with E-state index in [1.807, 2.05) is 6.07 Å². The van der Waals surface area contributed by atoms with Gasteiger partial charge in [0.2, 0.25) is 0 Å². The molecule has 2 nitrogen and oxygen atoms in total. The molecule has 0 aromatic heterocycles. The Morgan fingerprint density at radius 1 is 1.14 bits per heavy atom. The van der Waals surface area contributed by atoms with Gasteiger partial charge in [-0.3, -0.25) is 11.3 Å². The average molecular weight is 355 g/mol. The van der Waals surface area contributed by atoms with Crippen molar-refractivity contribution in [3.05, 3.63) is 34.1 Å². The molecule has 2 saturated carbocycles. The van der Waals surface area contributed by atoms with Crippen LogP contribution in [0, 0.1) is 23.6 Å². The lowest BCUT2D eigenvalue weighted by molar-refractivity contribution is 0.108. The van der Waals surface area contributed by atoms with Crippen LogP contribution in [0.3, 0.4) is 0 Å². The molecule has 2 aliphatic rings. The topological polar surface area (TPSA) is 38.0 Å². The number of fused-ring (bicyclic) bond motifs is 1. The number of rotatable bonds is 3. The highest BCUT2D eigenvalue weighted by Gasteiger charge is 2.36. The van der Waals surface area contributed by atoms with E-state index in [1.165, 1.54) is 44.6 Å². The van der Waals surface area contributed by atoms with Gasteiger partial charge in [-0.25, -0.2) is 4.39 Å². The molecule has 4 heteroatoms. The van der Waals surface area contributed by atoms with Gasteiger partial charge in [-0.15, -0.1) is 0 Å². The zero-order chi connectivity index (χ0) is 14.8. The maximum Gasteiger partial charge on any atom is 0.128 e. The minimum atomic E-state index is -0.160. The Bertz CT molecular complexity index is 494. The summed E-state index contributed by atoms with van der Waals surface area (Å²) >= 11 is 3.44. The lowest BCUT2D eigenvalue weighted by Gasteiger charge is -2.42. The van der Waals surface area contributed by atoms with Crippen LogP contribution in [0.5, 0.6) is 0 Å². The van der Waals surface area contributed by atoms with Crippen molar-refractivity contribution >= 4 is 15.9 Å². The molecule has 2 aliphatic carbocycles. The van der Waals surface area contributed by atoms with Gasteiger partial charge < -0.3 is 0 Å². The molecule has 0 heterocycles. The Balaban J connectivity index is 1.78. The highest BCUT2D eigenvalue weighted by molar-refractivity contribution is 9.10. The van der Waals surface area contributed by atoms with Crippen LogP contribution in [-0.2, 0) is 0 Å². The molecule has 21 heavy (non-hydrogen) atoms. The predicted molar refractivity (Wildman–Crippen MR) is 87.0 cm³/mol. The molecule has 0 saturated heterocycles. The quantitative estimate of drug-likeness (QED) is 0.609. The standard InChI is InChI=1S/C17H24BrFN2/c18-14-7-8-16(19)15(10-14)17(21-20)13-6-5-11-3-1-2-4-12(11)9-13/h7-8,10-13,17,21H,1-6,9,20H2. The fraction of sp³-hybridized carbons (Fsp3) is 0.647. The smallest absolute Gasteiger partial charge is 0.128 e. The molecule has 3 N–H and O–H groups in total. The number of nitrogens with one attached hydrogen (secondary N) is 1. The van der Waals surface area contributed by atoms with Crippen LogP contribution in [0.2, 0.25) is 0 Å². The SMILES string of the molecule is NNC(c1cc(Br)ccc1F)C1CCC2CCCCC2C1. The van der Waals surface area contributed by atoms with Crippen LogP contribution >= 0.6 is 15.9 Å². The summed E-state index contributed by atoms with van der Waals surface area (Å²) in [5.41, 5.74) is 3.59. The van der Waals surface area contributed by atoms with E-state index in [0.29, 0.717) is 11.5 Å². The van der Waals surface area contributed by atoms with Crippen molar-refractivity contribution in [2.24, 2.45) is 23.6 Å². The molecule has 0 bridgehead atoms. The maximum atomic E-state index is 14.2. The van der Waals surface area contributed by atoms with Crippen LogP contribution in [0.4, 0.5) is 4.39 Å².